The number of rotatable bonds is 8. The first kappa shape index (κ1) is 58.8. The van der Waals surface area contributed by atoms with Crippen molar-refractivity contribution in [3.8, 4) is 73.0 Å². The van der Waals surface area contributed by atoms with Crippen molar-refractivity contribution in [2.24, 2.45) is 0 Å². The van der Waals surface area contributed by atoms with E-state index in [1.54, 1.807) is 0 Å². The Balaban J connectivity index is 0.856. The molecule has 462 valence electrons. The number of aromatic nitrogens is 2. The Labute approximate surface area is 554 Å². The standard InChI is InChI=1S/C89H80N4O/c1-85(2,3)59-30-24-29-57(47-59)72-54-90-81(53-76(72)88(10,11)12)93-79-46-45-70-69-35-18-21-40-75(69)89(73-38-19-16-33-67(73)68-34-17-20-39-74(68)89)83(70)82(79)71-44-43-64(52-80(71)93)94-63-32-25-31-62(51-63)91-55-92(78-42-23-22-41-77(78)91)84-65(56-27-14-13-15-28-56)36-26-37-66(84)58-48-60(86(4,5)6)50-61(49-58)87(7,8)9/h13-54H,55H2,1-12H3. The Morgan fingerprint density at radius 3 is 1.54 bits per heavy atom. The summed E-state index contributed by atoms with van der Waals surface area (Å²) in [5, 5.41) is 2.36. The molecule has 0 bridgehead atoms. The molecule has 13 aromatic rings. The molecule has 2 aromatic heterocycles. The van der Waals surface area contributed by atoms with Gasteiger partial charge < -0.3 is 14.5 Å². The Hall–Kier alpha value is -10.2. The van der Waals surface area contributed by atoms with Crippen LogP contribution in [-0.2, 0) is 27.1 Å². The summed E-state index contributed by atoms with van der Waals surface area (Å²) in [5.41, 5.74) is 28.4. The van der Waals surface area contributed by atoms with Crippen LogP contribution in [-0.4, -0.2) is 16.2 Å². The van der Waals surface area contributed by atoms with Crippen LogP contribution in [0.3, 0.4) is 0 Å². The first-order valence-corrected chi connectivity index (χ1v) is 33.4. The first-order chi connectivity index (χ1) is 45.1. The summed E-state index contributed by atoms with van der Waals surface area (Å²) < 4.78 is 9.67. The number of nitrogens with zero attached hydrogens (tertiary/aromatic N) is 4. The average molecular weight is 1220 g/mol. The Kier molecular flexibility index (Phi) is 13.4. The number of hydrogen-bond acceptors (Lipinski definition) is 4. The molecule has 0 fully saturated rings. The van der Waals surface area contributed by atoms with Crippen LogP contribution in [0.1, 0.15) is 128 Å². The zero-order valence-electron chi connectivity index (χ0n) is 56.2. The van der Waals surface area contributed by atoms with Gasteiger partial charge in [-0.25, -0.2) is 4.98 Å². The van der Waals surface area contributed by atoms with Crippen LogP contribution in [0.15, 0.2) is 255 Å². The molecule has 0 amide bonds. The number of pyridine rings is 1. The van der Waals surface area contributed by atoms with Crippen molar-refractivity contribution in [2.75, 3.05) is 16.5 Å². The van der Waals surface area contributed by atoms with Crippen molar-refractivity contribution in [1.82, 2.24) is 9.55 Å². The van der Waals surface area contributed by atoms with Gasteiger partial charge in [-0.2, -0.15) is 0 Å². The molecule has 1 spiro atoms. The topological polar surface area (TPSA) is 33.5 Å². The summed E-state index contributed by atoms with van der Waals surface area (Å²) in [6.45, 7) is 28.4. The normalized spacial score (nSPS) is 14.0. The molecule has 0 atom stereocenters. The highest BCUT2D eigenvalue weighted by Gasteiger charge is 2.53. The van der Waals surface area contributed by atoms with Crippen molar-refractivity contribution in [3.05, 3.63) is 299 Å². The number of ether oxygens (including phenoxy) is 1. The van der Waals surface area contributed by atoms with Crippen molar-refractivity contribution >= 4 is 44.6 Å². The Morgan fingerprint density at radius 2 is 0.904 bits per heavy atom. The molecule has 3 heterocycles. The van der Waals surface area contributed by atoms with Crippen molar-refractivity contribution < 1.29 is 4.74 Å². The lowest BCUT2D eigenvalue weighted by atomic mass is 9.69. The van der Waals surface area contributed by atoms with Crippen molar-refractivity contribution in [1.29, 1.82) is 0 Å². The van der Waals surface area contributed by atoms with Crippen LogP contribution in [0.4, 0.5) is 22.7 Å². The fourth-order valence-corrected chi connectivity index (χ4v) is 15.6. The predicted octanol–water partition coefficient (Wildman–Crippen LogP) is 23.8. The van der Waals surface area contributed by atoms with E-state index in [1.165, 1.54) is 106 Å². The second kappa shape index (κ2) is 21.4. The second-order valence-corrected chi connectivity index (χ2v) is 30.4. The molecule has 94 heavy (non-hydrogen) atoms. The molecule has 1 aliphatic heterocycles. The van der Waals surface area contributed by atoms with Gasteiger partial charge in [-0.15, -0.1) is 0 Å². The highest BCUT2D eigenvalue weighted by Crippen LogP contribution is 2.65. The van der Waals surface area contributed by atoms with E-state index in [4.69, 9.17) is 9.72 Å². The van der Waals surface area contributed by atoms with Gasteiger partial charge in [0.15, 0.2) is 0 Å². The van der Waals surface area contributed by atoms with E-state index in [9.17, 15) is 0 Å². The van der Waals surface area contributed by atoms with E-state index in [2.05, 4.69) is 352 Å². The smallest absolute Gasteiger partial charge is 0.137 e. The Morgan fingerprint density at radius 1 is 0.372 bits per heavy atom. The maximum Gasteiger partial charge on any atom is 0.137 e. The molecule has 3 aliphatic rings. The highest BCUT2D eigenvalue weighted by molar-refractivity contribution is 6.16. The van der Waals surface area contributed by atoms with Gasteiger partial charge in [0, 0.05) is 51.5 Å². The molecule has 0 saturated heterocycles. The molecule has 5 nitrogen and oxygen atoms in total. The lowest BCUT2D eigenvalue weighted by Crippen LogP contribution is -2.26. The second-order valence-electron chi connectivity index (χ2n) is 30.4. The Bertz CT molecular complexity index is 5110. The molecule has 5 heteroatoms. The third-order valence-corrected chi connectivity index (χ3v) is 20.3. The van der Waals surface area contributed by atoms with Crippen LogP contribution < -0.4 is 14.5 Å². The summed E-state index contributed by atoms with van der Waals surface area (Å²) in [7, 11) is 0. The third kappa shape index (κ3) is 9.36. The maximum absolute atomic E-state index is 7.25. The minimum Gasteiger partial charge on any atom is -0.457 e. The molecule has 0 unspecified atom stereocenters. The molecular formula is C89H80N4O. The van der Waals surface area contributed by atoms with Crippen molar-refractivity contribution in [3.63, 3.8) is 0 Å². The van der Waals surface area contributed by atoms with E-state index in [1.807, 2.05) is 0 Å². The van der Waals surface area contributed by atoms with Gasteiger partial charge in [-0.1, -0.05) is 271 Å². The van der Waals surface area contributed by atoms with Gasteiger partial charge in [0.25, 0.3) is 0 Å². The van der Waals surface area contributed by atoms with E-state index < -0.39 is 5.41 Å². The number of para-hydroxylation sites is 3. The number of anilines is 4. The fourth-order valence-electron chi connectivity index (χ4n) is 15.6. The van der Waals surface area contributed by atoms with E-state index in [0.717, 1.165) is 56.4 Å². The van der Waals surface area contributed by atoms with Gasteiger partial charge in [0.05, 0.1) is 33.5 Å². The zero-order chi connectivity index (χ0) is 64.8. The molecule has 2 aliphatic carbocycles. The van der Waals surface area contributed by atoms with Crippen LogP contribution in [0.5, 0.6) is 11.5 Å². The van der Waals surface area contributed by atoms with E-state index in [0.29, 0.717) is 6.67 Å². The number of benzene rings is 11. The molecular weight excluding hydrogens is 1140 g/mol. The minimum absolute atomic E-state index is 0.00892. The molecule has 16 rings (SSSR count). The van der Waals surface area contributed by atoms with Crippen LogP contribution >= 0.6 is 0 Å². The third-order valence-electron chi connectivity index (χ3n) is 20.3. The van der Waals surface area contributed by atoms with Gasteiger partial charge in [-0.05, 0) is 154 Å². The SMILES string of the molecule is CC(C)(C)c1cccc(-c2cnc(-n3c4cc(Oc5cccc(N6CN(c7c(-c8ccccc8)cccc7-c7cc(C(C)(C)C)cc(C(C)(C)C)c7)c7ccccc76)c5)ccc4c4c5c(ccc43)-c3ccccc3C53c4ccccc4-c4ccccc43)cc2C(C)(C)C)c1. The lowest BCUT2D eigenvalue weighted by molar-refractivity contribution is 0.483. The fraction of sp³-hybridized carbons (Fsp3) is 0.202. The van der Waals surface area contributed by atoms with E-state index in [-0.39, 0.29) is 21.7 Å². The lowest BCUT2D eigenvalue weighted by Gasteiger charge is -2.31. The highest BCUT2D eigenvalue weighted by atomic mass is 16.5. The van der Waals surface area contributed by atoms with Gasteiger partial charge >= 0.3 is 0 Å². The summed E-state index contributed by atoms with van der Waals surface area (Å²) in [5.74, 6) is 2.35. The van der Waals surface area contributed by atoms with Gasteiger partial charge in [0.1, 0.15) is 24.0 Å². The monoisotopic (exact) mass is 1220 g/mol. The molecule has 0 N–H and O–H groups in total. The first-order valence-electron chi connectivity index (χ1n) is 33.4. The minimum atomic E-state index is -0.568. The van der Waals surface area contributed by atoms with Crippen LogP contribution in [0, 0.1) is 0 Å². The molecule has 0 saturated carbocycles. The summed E-state index contributed by atoms with van der Waals surface area (Å²) in [4.78, 5) is 10.5. The quantitative estimate of drug-likeness (QED) is 0.152. The molecule has 11 aromatic carbocycles. The molecule has 0 radical (unpaired) electrons. The van der Waals surface area contributed by atoms with Gasteiger partial charge in [-0.3, -0.25) is 4.57 Å². The van der Waals surface area contributed by atoms with Crippen LogP contribution in [0.2, 0.25) is 0 Å². The maximum atomic E-state index is 7.25. The summed E-state index contributed by atoms with van der Waals surface area (Å²) >= 11 is 0. The number of fused-ring (bicyclic) bond motifs is 15. The van der Waals surface area contributed by atoms with Crippen LogP contribution in [0.25, 0.3) is 83.3 Å². The van der Waals surface area contributed by atoms with E-state index >= 15 is 0 Å². The van der Waals surface area contributed by atoms with Crippen molar-refractivity contribution in [2.45, 2.75) is 110 Å². The van der Waals surface area contributed by atoms with Gasteiger partial charge in [0.2, 0.25) is 0 Å². The zero-order valence-corrected chi connectivity index (χ0v) is 56.2. The average Bonchev–Trinajstić information content (AvgIpc) is 1.49. The largest absolute Gasteiger partial charge is 0.457 e. The predicted molar refractivity (Wildman–Crippen MR) is 395 cm³/mol. The number of hydrogen-bond donors (Lipinski definition) is 0. The summed E-state index contributed by atoms with van der Waals surface area (Å²) in [6, 6.07) is 92.8. The summed E-state index contributed by atoms with van der Waals surface area (Å²) in [6.07, 6.45) is 2.13.